The van der Waals surface area contributed by atoms with Gasteiger partial charge in [0.1, 0.15) is 0 Å². The molecule has 2 aromatic rings. The minimum atomic E-state index is -0.849. The molecule has 0 atom stereocenters. The zero-order valence-electron chi connectivity index (χ0n) is 19.0. The van der Waals surface area contributed by atoms with Crippen molar-refractivity contribution in [2.24, 2.45) is 0 Å². The maximum absolute atomic E-state index is 11.7. The zero-order chi connectivity index (χ0) is 22.3. The molecule has 3 nitrogen and oxygen atoms in total. The van der Waals surface area contributed by atoms with Crippen LogP contribution in [0.4, 0.5) is 0 Å². The first-order valence-corrected chi connectivity index (χ1v) is 12.6. The van der Waals surface area contributed by atoms with E-state index in [0.29, 0.717) is 5.56 Å². The fraction of sp³-hybridized carbons (Fsp3) is 0.556. The van der Waals surface area contributed by atoms with Crippen molar-refractivity contribution in [2.45, 2.75) is 90.4 Å². The molecule has 1 N–H and O–H groups in total. The third kappa shape index (κ3) is 9.43. The fourth-order valence-corrected chi connectivity index (χ4v) is 4.15. The van der Waals surface area contributed by atoms with Crippen LogP contribution in [-0.2, 0) is 12.8 Å². The second-order valence-corrected chi connectivity index (χ2v) is 8.83. The molecule has 0 aliphatic heterocycles. The number of aromatic nitrogens is 1. The number of aromatic carboxylic acids is 1. The Morgan fingerprint density at radius 1 is 0.871 bits per heavy atom. The number of hydrogen-bond donors (Lipinski definition) is 1. The number of unbranched alkanes of at least 4 members (excludes halogenated alkanes) is 9. The molecular formula is C27H38ClNO2. The van der Waals surface area contributed by atoms with E-state index in [4.69, 9.17) is 11.6 Å². The Morgan fingerprint density at radius 2 is 1.55 bits per heavy atom. The Hall–Kier alpha value is -1.87. The van der Waals surface area contributed by atoms with Gasteiger partial charge in [0.15, 0.2) is 0 Å². The van der Waals surface area contributed by atoms with Gasteiger partial charge >= 0.3 is 5.97 Å². The van der Waals surface area contributed by atoms with Gasteiger partial charge in [-0.2, -0.15) is 0 Å². The molecule has 0 unspecified atom stereocenters. The van der Waals surface area contributed by atoms with Crippen molar-refractivity contribution in [3.63, 3.8) is 0 Å². The summed E-state index contributed by atoms with van der Waals surface area (Å²) < 4.78 is 0. The Bertz CT molecular complexity index is 773. The Labute approximate surface area is 193 Å². The molecule has 0 amide bonds. The number of carbonyl (C=O) groups is 1. The predicted octanol–water partition coefficient (Wildman–Crippen LogP) is 8.08. The summed E-state index contributed by atoms with van der Waals surface area (Å²) in [6.45, 7) is 2.23. The Morgan fingerprint density at radius 3 is 2.19 bits per heavy atom. The zero-order valence-corrected chi connectivity index (χ0v) is 19.8. The molecule has 1 aromatic heterocycles. The van der Waals surface area contributed by atoms with Crippen molar-refractivity contribution >= 4 is 17.6 Å². The summed E-state index contributed by atoms with van der Waals surface area (Å²) >= 11 is 5.72. The highest BCUT2D eigenvalue weighted by Gasteiger charge is 2.12. The van der Waals surface area contributed by atoms with E-state index in [1.54, 1.807) is 6.07 Å². The van der Waals surface area contributed by atoms with E-state index in [2.05, 4.69) is 24.0 Å². The van der Waals surface area contributed by atoms with E-state index in [-0.39, 0.29) is 0 Å². The molecule has 0 bridgehead atoms. The molecule has 1 heterocycles. The van der Waals surface area contributed by atoms with E-state index >= 15 is 0 Å². The van der Waals surface area contributed by atoms with Crippen LogP contribution in [0.25, 0.3) is 11.3 Å². The Kier molecular flexibility index (Phi) is 12.3. The maximum Gasteiger partial charge on any atom is 0.335 e. The van der Waals surface area contributed by atoms with E-state index in [1.807, 2.05) is 18.3 Å². The minimum absolute atomic E-state index is 0.415. The Balaban J connectivity index is 1.93. The van der Waals surface area contributed by atoms with Gasteiger partial charge in [-0.15, -0.1) is 11.6 Å². The first kappa shape index (κ1) is 25.4. The van der Waals surface area contributed by atoms with Crippen molar-refractivity contribution in [3.05, 3.63) is 53.2 Å². The van der Waals surface area contributed by atoms with Gasteiger partial charge in [-0.05, 0) is 61.4 Å². The number of alkyl halides is 1. The lowest BCUT2D eigenvalue weighted by atomic mass is 9.96. The lowest BCUT2D eigenvalue weighted by Crippen LogP contribution is -2.03. The van der Waals surface area contributed by atoms with Gasteiger partial charge < -0.3 is 5.11 Å². The molecule has 170 valence electrons. The van der Waals surface area contributed by atoms with Gasteiger partial charge in [-0.1, -0.05) is 70.4 Å². The van der Waals surface area contributed by atoms with E-state index in [9.17, 15) is 9.90 Å². The van der Waals surface area contributed by atoms with Crippen LogP contribution in [0.3, 0.4) is 0 Å². The van der Waals surface area contributed by atoms with Crippen LogP contribution < -0.4 is 0 Å². The number of carboxylic acid groups (broad SMARTS) is 1. The number of halogens is 1. The molecule has 31 heavy (non-hydrogen) atoms. The second-order valence-electron chi connectivity index (χ2n) is 8.45. The number of aryl methyl sites for hydroxylation is 2. The van der Waals surface area contributed by atoms with Crippen molar-refractivity contribution in [1.29, 1.82) is 0 Å². The monoisotopic (exact) mass is 443 g/mol. The van der Waals surface area contributed by atoms with Gasteiger partial charge in [0.25, 0.3) is 0 Å². The van der Waals surface area contributed by atoms with Gasteiger partial charge in [0.05, 0.1) is 11.3 Å². The van der Waals surface area contributed by atoms with Crippen LogP contribution in [-0.4, -0.2) is 21.9 Å². The van der Waals surface area contributed by atoms with Crippen molar-refractivity contribution in [1.82, 2.24) is 4.98 Å². The number of pyridine rings is 1. The number of nitrogens with zero attached hydrogens (tertiary/aromatic N) is 1. The van der Waals surface area contributed by atoms with Gasteiger partial charge in [-0.3, -0.25) is 4.98 Å². The standard InChI is InChI=1S/C27H38ClNO2/c1-2-3-4-10-13-22-15-18-26(29-21-22)24-16-17-25(27(30)31)23(20-24)14-11-8-6-5-7-9-12-19-28/h15-18,20-21H,2-14,19H2,1H3,(H,30,31). The van der Waals surface area contributed by atoms with E-state index in [1.165, 1.54) is 56.9 Å². The highest BCUT2D eigenvalue weighted by atomic mass is 35.5. The molecule has 0 saturated carbocycles. The van der Waals surface area contributed by atoms with E-state index in [0.717, 1.165) is 54.8 Å². The SMILES string of the molecule is CCCCCCc1ccc(-c2ccc(C(=O)O)c(CCCCCCCCCCl)c2)nc1. The van der Waals surface area contributed by atoms with Gasteiger partial charge in [0.2, 0.25) is 0 Å². The lowest BCUT2D eigenvalue weighted by molar-refractivity contribution is 0.0695. The summed E-state index contributed by atoms with van der Waals surface area (Å²) in [5.74, 6) is -0.0943. The lowest BCUT2D eigenvalue weighted by Gasteiger charge is -2.10. The average molecular weight is 444 g/mol. The topological polar surface area (TPSA) is 50.2 Å². The first-order valence-electron chi connectivity index (χ1n) is 12.0. The van der Waals surface area contributed by atoms with Crippen LogP contribution >= 0.6 is 11.6 Å². The predicted molar refractivity (Wildman–Crippen MR) is 131 cm³/mol. The quantitative estimate of drug-likeness (QED) is 0.210. The molecule has 1 aromatic carbocycles. The largest absolute Gasteiger partial charge is 0.478 e. The summed E-state index contributed by atoms with van der Waals surface area (Å²) in [4.78, 5) is 16.3. The summed E-state index contributed by atoms with van der Waals surface area (Å²) in [5, 5.41) is 9.58. The molecular weight excluding hydrogens is 406 g/mol. The maximum atomic E-state index is 11.7. The van der Waals surface area contributed by atoms with Crippen LogP contribution in [0.2, 0.25) is 0 Å². The van der Waals surface area contributed by atoms with Crippen molar-refractivity contribution in [2.75, 3.05) is 5.88 Å². The van der Waals surface area contributed by atoms with Gasteiger partial charge in [-0.25, -0.2) is 4.79 Å². The first-order chi connectivity index (χ1) is 15.2. The summed E-state index contributed by atoms with van der Waals surface area (Å²) in [6.07, 6.45) is 17.0. The van der Waals surface area contributed by atoms with E-state index < -0.39 is 5.97 Å². The number of rotatable bonds is 16. The summed E-state index contributed by atoms with van der Waals surface area (Å²) in [5.41, 5.74) is 4.51. The molecule has 0 radical (unpaired) electrons. The second kappa shape index (κ2) is 15.0. The third-order valence-electron chi connectivity index (χ3n) is 5.85. The number of carboxylic acids is 1. The molecule has 4 heteroatoms. The molecule has 0 spiro atoms. The van der Waals surface area contributed by atoms with Crippen molar-refractivity contribution < 1.29 is 9.90 Å². The van der Waals surface area contributed by atoms with Gasteiger partial charge in [0, 0.05) is 17.6 Å². The highest BCUT2D eigenvalue weighted by Crippen LogP contribution is 2.24. The normalized spacial score (nSPS) is 11.0. The number of benzene rings is 1. The summed E-state index contributed by atoms with van der Waals surface area (Å²) in [7, 11) is 0. The summed E-state index contributed by atoms with van der Waals surface area (Å²) in [6, 6.07) is 9.86. The van der Waals surface area contributed by atoms with Crippen LogP contribution in [0.15, 0.2) is 36.5 Å². The van der Waals surface area contributed by atoms with Crippen LogP contribution in [0.5, 0.6) is 0 Å². The third-order valence-corrected chi connectivity index (χ3v) is 6.12. The smallest absolute Gasteiger partial charge is 0.335 e. The minimum Gasteiger partial charge on any atom is -0.478 e. The molecule has 0 aliphatic carbocycles. The molecule has 2 rings (SSSR count). The average Bonchev–Trinajstić information content (AvgIpc) is 2.78. The van der Waals surface area contributed by atoms with Crippen molar-refractivity contribution in [3.8, 4) is 11.3 Å². The fourth-order valence-electron chi connectivity index (χ4n) is 3.96. The van der Waals surface area contributed by atoms with Crippen LogP contribution in [0, 0.1) is 0 Å². The van der Waals surface area contributed by atoms with Crippen LogP contribution in [0.1, 0.15) is 99.0 Å². The molecule has 0 aliphatic rings. The highest BCUT2D eigenvalue weighted by molar-refractivity contribution is 6.17. The molecule has 0 saturated heterocycles. The number of hydrogen-bond acceptors (Lipinski definition) is 2. The molecule has 0 fully saturated rings.